The van der Waals surface area contributed by atoms with Gasteiger partial charge in [0.1, 0.15) is 11.5 Å². The van der Waals surface area contributed by atoms with Gasteiger partial charge in [0.25, 0.3) is 0 Å². The maximum absolute atomic E-state index is 5.84. The standard InChI is InChI=1S/C16H28N2O/c1-4-8-17-10-16-9-15(13(3)19-16)12-18(5-2)11-14-6-7-14/h9,14,17H,4-8,10-12H2,1-3H3. The van der Waals surface area contributed by atoms with Gasteiger partial charge in [-0.15, -0.1) is 0 Å². The van der Waals surface area contributed by atoms with Crippen molar-refractivity contribution in [3.05, 3.63) is 23.2 Å². The second kappa shape index (κ2) is 7.11. The summed E-state index contributed by atoms with van der Waals surface area (Å²) in [7, 11) is 0. The predicted molar refractivity (Wildman–Crippen MR) is 79.1 cm³/mol. The molecule has 3 heteroatoms. The van der Waals surface area contributed by atoms with Gasteiger partial charge in [-0.2, -0.15) is 0 Å². The summed E-state index contributed by atoms with van der Waals surface area (Å²) in [4.78, 5) is 2.54. The molecule has 0 unspecified atom stereocenters. The lowest BCUT2D eigenvalue weighted by molar-refractivity contribution is 0.266. The van der Waals surface area contributed by atoms with E-state index in [2.05, 4.69) is 37.1 Å². The normalized spacial score (nSPS) is 15.4. The SMILES string of the molecule is CCCNCc1cc(CN(CC)CC2CC2)c(C)o1. The van der Waals surface area contributed by atoms with Gasteiger partial charge >= 0.3 is 0 Å². The fraction of sp³-hybridized carbons (Fsp3) is 0.750. The Morgan fingerprint density at radius 3 is 2.79 bits per heavy atom. The van der Waals surface area contributed by atoms with E-state index in [9.17, 15) is 0 Å². The van der Waals surface area contributed by atoms with Gasteiger partial charge in [0.05, 0.1) is 6.54 Å². The highest BCUT2D eigenvalue weighted by Crippen LogP contribution is 2.30. The first kappa shape index (κ1) is 14.6. The third-order valence-corrected chi connectivity index (χ3v) is 3.85. The van der Waals surface area contributed by atoms with Crippen LogP contribution in [0.4, 0.5) is 0 Å². The topological polar surface area (TPSA) is 28.4 Å². The molecular weight excluding hydrogens is 236 g/mol. The molecule has 0 atom stereocenters. The Morgan fingerprint density at radius 1 is 1.37 bits per heavy atom. The molecule has 0 bridgehead atoms. The molecule has 19 heavy (non-hydrogen) atoms. The fourth-order valence-corrected chi connectivity index (χ4v) is 2.43. The number of nitrogens with zero attached hydrogens (tertiary/aromatic N) is 1. The summed E-state index contributed by atoms with van der Waals surface area (Å²) in [6, 6.07) is 2.23. The van der Waals surface area contributed by atoms with Gasteiger partial charge in [-0.05, 0) is 51.3 Å². The van der Waals surface area contributed by atoms with Crippen LogP contribution in [0.5, 0.6) is 0 Å². The molecule has 108 valence electrons. The summed E-state index contributed by atoms with van der Waals surface area (Å²) in [6.45, 7) is 11.8. The molecule has 1 aromatic rings. The van der Waals surface area contributed by atoms with E-state index >= 15 is 0 Å². The fourth-order valence-electron chi connectivity index (χ4n) is 2.43. The molecule has 3 nitrogen and oxygen atoms in total. The second-order valence-corrected chi connectivity index (χ2v) is 5.74. The Hall–Kier alpha value is -0.800. The van der Waals surface area contributed by atoms with E-state index in [1.54, 1.807) is 0 Å². The van der Waals surface area contributed by atoms with Crippen molar-refractivity contribution in [2.24, 2.45) is 5.92 Å². The lowest BCUT2D eigenvalue weighted by Crippen LogP contribution is -2.25. The molecule has 0 aliphatic heterocycles. The average Bonchev–Trinajstić information content (AvgIpc) is 3.14. The summed E-state index contributed by atoms with van der Waals surface area (Å²) in [6.07, 6.45) is 4.01. The first-order valence-electron chi connectivity index (χ1n) is 7.74. The maximum Gasteiger partial charge on any atom is 0.118 e. The van der Waals surface area contributed by atoms with Crippen molar-refractivity contribution < 1.29 is 4.42 Å². The molecule has 2 rings (SSSR count). The van der Waals surface area contributed by atoms with Crippen molar-refractivity contribution in [2.45, 2.75) is 53.1 Å². The van der Waals surface area contributed by atoms with E-state index in [0.717, 1.165) is 50.0 Å². The Bertz CT molecular complexity index is 382. The Kier molecular flexibility index (Phi) is 5.46. The van der Waals surface area contributed by atoms with Crippen LogP contribution in [0.2, 0.25) is 0 Å². The predicted octanol–water partition coefficient (Wildman–Crippen LogP) is 3.32. The Labute approximate surface area is 117 Å². The largest absolute Gasteiger partial charge is 0.465 e. The minimum absolute atomic E-state index is 0.851. The third-order valence-electron chi connectivity index (χ3n) is 3.85. The van der Waals surface area contributed by atoms with Crippen molar-refractivity contribution in [2.75, 3.05) is 19.6 Å². The monoisotopic (exact) mass is 264 g/mol. The molecule has 1 aliphatic carbocycles. The molecule has 0 aromatic carbocycles. The van der Waals surface area contributed by atoms with E-state index in [4.69, 9.17) is 4.42 Å². The number of rotatable bonds is 9. The molecule has 1 saturated carbocycles. The zero-order valence-corrected chi connectivity index (χ0v) is 12.7. The number of hydrogen-bond donors (Lipinski definition) is 1. The van der Waals surface area contributed by atoms with Crippen LogP contribution in [0.3, 0.4) is 0 Å². The Morgan fingerprint density at radius 2 is 2.16 bits per heavy atom. The zero-order chi connectivity index (χ0) is 13.7. The minimum Gasteiger partial charge on any atom is -0.465 e. The highest BCUT2D eigenvalue weighted by atomic mass is 16.3. The summed E-state index contributed by atoms with van der Waals surface area (Å²) >= 11 is 0. The van der Waals surface area contributed by atoms with Crippen LogP contribution in [-0.2, 0) is 13.1 Å². The van der Waals surface area contributed by atoms with Gasteiger partial charge in [0.2, 0.25) is 0 Å². The van der Waals surface area contributed by atoms with E-state index in [1.807, 2.05) is 0 Å². The van der Waals surface area contributed by atoms with Crippen LogP contribution < -0.4 is 5.32 Å². The first-order chi connectivity index (χ1) is 9.22. The highest BCUT2D eigenvalue weighted by molar-refractivity contribution is 5.20. The maximum atomic E-state index is 5.84. The quantitative estimate of drug-likeness (QED) is 0.694. The molecular formula is C16H28N2O. The summed E-state index contributed by atoms with van der Waals surface area (Å²) < 4.78 is 5.84. The first-order valence-corrected chi connectivity index (χ1v) is 7.74. The number of aryl methyl sites for hydroxylation is 1. The number of nitrogens with one attached hydrogen (secondary N) is 1. The van der Waals surface area contributed by atoms with Crippen LogP contribution in [-0.4, -0.2) is 24.5 Å². The van der Waals surface area contributed by atoms with E-state index in [1.165, 1.54) is 24.9 Å². The van der Waals surface area contributed by atoms with Crippen molar-refractivity contribution >= 4 is 0 Å². The smallest absolute Gasteiger partial charge is 0.118 e. The highest BCUT2D eigenvalue weighted by Gasteiger charge is 2.24. The van der Waals surface area contributed by atoms with Crippen molar-refractivity contribution in [1.82, 2.24) is 10.2 Å². The molecule has 1 aliphatic rings. The molecule has 0 spiro atoms. The van der Waals surface area contributed by atoms with Gasteiger partial charge in [0, 0.05) is 18.7 Å². The molecule has 1 aromatic heterocycles. The van der Waals surface area contributed by atoms with Crippen LogP contribution in [0.15, 0.2) is 10.5 Å². The van der Waals surface area contributed by atoms with Crippen molar-refractivity contribution in [3.63, 3.8) is 0 Å². The van der Waals surface area contributed by atoms with Crippen LogP contribution in [0, 0.1) is 12.8 Å². The summed E-state index contributed by atoms with van der Waals surface area (Å²) in [5, 5.41) is 3.39. The van der Waals surface area contributed by atoms with Crippen molar-refractivity contribution in [3.8, 4) is 0 Å². The van der Waals surface area contributed by atoms with Gasteiger partial charge in [-0.3, -0.25) is 4.90 Å². The average molecular weight is 264 g/mol. The molecule has 0 radical (unpaired) electrons. The number of hydrogen-bond acceptors (Lipinski definition) is 3. The molecule has 0 saturated heterocycles. The zero-order valence-electron chi connectivity index (χ0n) is 12.7. The van der Waals surface area contributed by atoms with E-state index < -0.39 is 0 Å². The lowest BCUT2D eigenvalue weighted by atomic mass is 10.2. The summed E-state index contributed by atoms with van der Waals surface area (Å²) in [5.74, 6) is 3.11. The third kappa shape index (κ3) is 4.66. The van der Waals surface area contributed by atoms with E-state index in [0.29, 0.717) is 0 Å². The second-order valence-electron chi connectivity index (χ2n) is 5.74. The van der Waals surface area contributed by atoms with Gasteiger partial charge in [0.15, 0.2) is 0 Å². The summed E-state index contributed by atoms with van der Waals surface area (Å²) in [5.41, 5.74) is 1.36. The molecule has 1 heterocycles. The molecule has 0 amide bonds. The number of furan rings is 1. The van der Waals surface area contributed by atoms with Gasteiger partial charge in [-0.25, -0.2) is 0 Å². The van der Waals surface area contributed by atoms with Gasteiger partial charge < -0.3 is 9.73 Å². The van der Waals surface area contributed by atoms with Gasteiger partial charge in [-0.1, -0.05) is 13.8 Å². The molecule has 1 fully saturated rings. The van der Waals surface area contributed by atoms with Crippen molar-refractivity contribution in [1.29, 1.82) is 0 Å². The van der Waals surface area contributed by atoms with Crippen LogP contribution in [0.1, 0.15) is 50.2 Å². The minimum atomic E-state index is 0.851. The van der Waals surface area contributed by atoms with Crippen LogP contribution >= 0.6 is 0 Å². The van der Waals surface area contributed by atoms with E-state index in [-0.39, 0.29) is 0 Å². The molecule has 1 N–H and O–H groups in total. The lowest BCUT2D eigenvalue weighted by Gasteiger charge is -2.19. The Balaban J connectivity index is 1.87. The van der Waals surface area contributed by atoms with Crippen LogP contribution in [0.25, 0.3) is 0 Å².